The molecule has 2 N–H and O–H groups in total. The van der Waals surface area contributed by atoms with E-state index in [2.05, 4.69) is 34.4 Å². The summed E-state index contributed by atoms with van der Waals surface area (Å²) >= 11 is 0. The van der Waals surface area contributed by atoms with Crippen LogP contribution in [0, 0.1) is 0 Å². The first-order valence-corrected chi connectivity index (χ1v) is 9.36. The second kappa shape index (κ2) is 7.70. The van der Waals surface area contributed by atoms with Gasteiger partial charge in [0.2, 0.25) is 5.91 Å². The number of aromatic nitrogens is 1. The first kappa shape index (κ1) is 18.1. The number of hydrogen-bond acceptors (Lipinski definition) is 5. The van der Waals surface area contributed by atoms with E-state index < -0.39 is 0 Å². The molecule has 3 rings (SSSR count). The van der Waals surface area contributed by atoms with Crippen LogP contribution in [0.3, 0.4) is 0 Å². The predicted octanol–water partition coefficient (Wildman–Crippen LogP) is 2.41. The average molecular weight is 346 g/mol. The minimum absolute atomic E-state index is 0.0188. The van der Waals surface area contributed by atoms with Crippen LogP contribution in [0.1, 0.15) is 46.5 Å². The van der Waals surface area contributed by atoms with Crippen LogP contribution in [0.4, 0.5) is 5.82 Å². The maximum Gasteiger partial charge on any atom is 0.242 e. The number of hydrogen-bond donors (Lipinski definition) is 2. The summed E-state index contributed by atoms with van der Waals surface area (Å²) in [5, 5.41) is 6.39. The normalized spacial score (nSPS) is 22.5. The standard InChI is InChI=1S/C19H30N4O2/c1-14(23-11-10-21-19(2,3)13-23)18(24)22-17-9-8-16(12-20-17)25-15-6-4-5-7-15/h8-9,12,14-15,21H,4-7,10-11,13H2,1-3H3,(H,20,22,24)/t14-/m0/s1. The van der Waals surface area contributed by atoms with Gasteiger partial charge in [-0.1, -0.05) is 0 Å². The number of pyridine rings is 1. The van der Waals surface area contributed by atoms with E-state index in [0.29, 0.717) is 11.9 Å². The number of piperazine rings is 1. The Balaban J connectivity index is 1.53. The molecular weight excluding hydrogens is 316 g/mol. The zero-order valence-corrected chi connectivity index (χ0v) is 15.5. The lowest BCUT2D eigenvalue weighted by molar-refractivity contribution is -0.121. The van der Waals surface area contributed by atoms with Crippen molar-refractivity contribution in [1.82, 2.24) is 15.2 Å². The Morgan fingerprint density at radius 2 is 2.16 bits per heavy atom. The van der Waals surface area contributed by atoms with Gasteiger partial charge in [0.05, 0.1) is 18.3 Å². The van der Waals surface area contributed by atoms with E-state index in [1.165, 1.54) is 12.8 Å². The van der Waals surface area contributed by atoms with Crippen molar-refractivity contribution in [3.63, 3.8) is 0 Å². The van der Waals surface area contributed by atoms with Crippen molar-refractivity contribution in [2.24, 2.45) is 0 Å². The van der Waals surface area contributed by atoms with Gasteiger partial charge in [-0.15, -0.1) is 0 Å². The molecule has 2 heterocycles. The van der Waals surface area contributed by atoms with E-state index in [1.54, 1.807) is 6.20 Å². The van der Waals surface area contributed by atoms with Crippen LogP contribution < -0.4 is 15.4 Å². The van der Waals surface area contributed by atoms with Crippen molar-refractivity contribution in [1.29, 1.82) is 0 Å². The molecule has 1 saturated heterocycles. The molecule has 1 atom stereocenters. The second-order valence-corrected chi connectivity index (χ2v) is 7.85. The Bertz CT molecular complexity index is 582. The number of anilines is 1. The molecule has 0 radical (unpaired) electrons. The highest BCUT2D eigenvalue weighted by molar-refractivity contribution is 5.93. The number of nitrogens with one attached hydrogen (secondary N) is 2. The predicted molar refractivity (Wildman–Crippen MR) is 98.9 cm³/mol. The lowest BCUT2D eigenvalue weighted by atomic mass is 10.0. The van der Waals surface area contributed by atoms with Gasteiger partial charge in [0, 0.05) is 25.2 Å². The highest BCUT2D eigenvalue weighted by atomic mass is 16.5. The summed E-state index contributed by atoms with van der Waals surface area (Å²) in [6.07, 6.45) is 6.75. The number of ether oxygens (including phenoxy) is 1. The molecule has 0 aromatic carbocycles. The molecule has 1 aromatic heterocycles. The summed E-state index contributed by atoms with van der Waals surface area (Å²) in [5.41, 5.74) is 0.0320. The van der Waals surface area contributed by atoms with Crippen molar-refractivity contribution >= 4 is 11.7 Å². The fourth-order valence-corrected chi connectivity index (χ4v) is 3.63. The van der Waals surface area contributed by atoms with Gasteiger partial charge in [0.25, 0.3) is 0 Å². The molecule has 25 heavy (non-hydrogen) atoms. The van der Waals surface area contributed by atoms with Crippen LogP contribution in [-0.2, 0) is 4.79 Å². The molecule has 0 spiro atoms. The summed E-state index contributed by atoms with van der Waals surface area (Å²) < 4.78 is 5.91. The average Bonchev–Trinajstić information content (AvgIpc) is 3.08. The summed E-state index contributed by atoms with van der Waals surface area (Å²) in [5.74, 6) is 1.33. The molecular formula is C19H30N4O2. The Labute approximate surface area is 150 Å². The highest BCUT2D eigenvalue weighted by Gasteiger charge is 2.31. The van der Waals surface area contributed by atoms with E-state index in [-0.39, 0.29) is 17.5 Å². The lowest BCUT2D eigenvalue weighted by Gasteiger charge is -2.41. The molecule has 138 valence electrons. The second-order valence-electron chi connectivity index (χ2n) is 7.85. The molecule has 1 amide bonds. The number of nitrogens with zero attached hydrogens (tertiary/aromatic N) is 2. The van der Waals surface area contributed by atoms with E-state index in [1.807, 2.05) is 19.1 Å². The van der Waals surface area contributed by atoms with Crippen molar-refractivity contribution in [3.05, 3.63) is 18.3 Å². The van der Waals surface area contributed by atoms with E-state index in [0.717, 1.165) is 38.2 Å². The molecule has 2 fully saturated rings. The Hall–Kier alpha value is -1.66. The van der Waals surface area contributed by atoms with E-state index >= 15 is 0 Å². The summed E-state index contributed by atoms with van der Waals surface area (Å²) in [7, 11) is 0. The first-order chi connectivity index (χ1) is 11.9. The number of rotatable bonds is 5. The van der Waals surface area contributed by atoms with E-state index in [4.69, 9.17) is 4.74 Å². The Morgan fingerprint density at radius 1 is 1.40 bits per heavy atom. The molecule has 1 aromatic rings. The van der Waals surface area contributed by atoms with Gasteiger partial charge in [-0.2, -0.15) is 0 Å². The fraction of sp³-hybridized carbons (Fsp3) is 0.684. The van der Waals surface area contributed by atoms with Crippen LogP contribution >= 0.6 is 0 Å². The first-order valence-electron chi connectivity index (χ1n) is 9.36. The molecule has 1 saturated carbocycles. The number of amides is 1. The van der Waals surface area contributed by atoms with Gasteiger partial charge in [0.15, 0.2) is 0 Å². The van der Waals surface area contributed by atoms with Crippen LogP contribution in [-0.4, -0.2) is 53.1 Å². The SMILES string of the molecule is C[C@@H](C(=O)Nc1ccc(OC2CCCC2)cn1)N1CCNC(C)(C)C1. The molecule has 1 aliphatic heterocycles. The molecule has 0 bridgehead atoms. The minimum atomic E-state index is -0.183. The number of carbonyl (C=O) groups excluding carboxylic acids is 1. The Kier molecular flexibility index (Phi) is 5.59. The molecule has 6 heteroatoms. The quantitative estimate of drug-likeness (QED) is 0.857. The smallest absolute Gasteiger partial charge is 0.242 e. The van der Waals surface area contributed by atoms with Crippen molar-refractivity contribution in [2.75, 3.05) is 25.0 Å². The van der Waals surface area contributed by atoms with Crippen molar-refractivity contribution in [2.45, 2.75) is 64.1 Å². The zero-order chi connectivity index (χ0) is 17.9. The van der Waals surface area contributed by atoms with Gasteiger partial charge < -0.3 is 15.4 Å². The zero-order valence-electron chi connectivity index (χ0n) is 15.5. The highest BCUT2D eigenvalue weighted by Crippen LogP contribution is 2.24. The molecule has 6 nitrogen and oxygen atoms in total. The maximum absolute atomic E-state index is 12.5. The van der Waals surface area contributed by atoms with Crippen LogP contribution in [0.15, 0.2) is 18.3 Å². The summed E-state index contributed by atoms with van der Waals surface area (Å²) in [6, 6.07) is 3.52. The third kappa shape index (κ3) is 4.92. The Morgan fingerprint density at radius 3 is 2.80 bits per heavy atom. The third-order valence-electron chi connectivity index (χ3n) is 5.12. The topological polar surface area (TPSA) is 66.5 Å². The minimum Gasteiger partial charge on any atom is -0.489 e. The largest absolute Gasteiger partial charge is 0.489 e. The molecule has 1 aliphatic carbocycles. The van der Waals surface area contributed by atoms with Gasteiger partial charge in [-0.25, -0.2) is 4.98 Å². The third-order valence-corrected chi connectivity index (χ3v) is 5.12. The van der Waals surface area contributed by atoms with Crippen LogP contribution in [0.25, 0.3) is 0 Å². The lowest BCUT2D eigenvalue weighted by Crippen LogP contribution is -2.60. The van der Waals surface area contributed by atoms with Gasteiger partial charge >= 0.3 is 0 Å². The van der Waals surface area contributed by atoms with Gasteiger partial charge in [0.1, 0.15) is 11.6 Å². The molecule has 0 unspecified atom stereocenters. The van der Waals surface area contributed by atoms with Gasteiger partial charge in [-0.05, 0) is 58.6 Å². The van der Waals surface area contributed by atoms with Crippen LogP contribution in [0.5, 0.6) is 5.75 Å². The van der Waals surface area contributed by atoms with Crippen molar-refractivity contribution < 1.29 is 9.53 Å². The monoisotopic (exact) mass is 346 g/mol. The number of carbonyl (C=O) groups is 1. The van der Waals surface area contributed by atoms with E-state index in [9.17, 15) is 4.79 Å². The summed E-state index contributed by atoms with van der Waals surface area (Å²) in [6.45, 7) is 8.90. The van der Waals surface area contributed by atoms with Crippen molar-refractivity contribution in [3.8, 4) is 5.75 Å². The maximum atomic E-state index is 12.5. The fourth-order valence-electron chi connectivity index (χ4n) is 3.63. The van der Waals surface area contributed by atoms with Gasteiger partial charge in [-0.3, -0.25) is 9.69 Å². The summed E-state index contributed by atoms with van der Waals surface area (Å²) in [4.78, 5) is 19.1. The molecule has 2 aliphatic rings. The van der Waals surface area contributed by atoms with Crippen LogP contribution in [0.2, 0.25) is 0 Å².